The van der Waals surface area contributed by atoms with Crippen molar-refractivity contribution in [2.45, 2.75) is 45.8 Å². The molecule has 5 nitrogen and oxygen atoms in total. The third kappa shape index (κ3) is 3.08. The van der Waals surface area contributed by atoms with Gasteiger partial charge in [-0.3, -0.25) is 9.59 Å². The lowest BCUT2D eigenvalue weighted by atomic mass is 10.1. The predicted molar refractivity (Wildman–Crippen MR) is 94.7 cm³/mol. The van der Waals surface area contributed by atoms with Crippen molar-refractivity contribution in [1.29, 1.82) is 0 Å². The van der Waals surface area contributed by atoms with Gasteiger partial charge in [0.2, 0.25) is 5.43 Å². The minimum Gasteiger partial charge on any atom is -0.379 e. The molecule has 1 N–H and O–H groups in total. The van der Waals surface area contributed by atoms with Crippen LogP contribution >= 0.6 is 0 Å². The summed E-state index contributed by atoms with van der Waals surface area (Å²) >= 11 is 0. The van der Waals surface area contributed by atoms with Crippen LogP contribution in [0.25, 0.3) is 10.9 Å². The third-order valence-electron chi connectivity index (χ3n) is 4.43. The summed E-state index contributed by atoms with van der Waals surface area (Å²) in [4.78, 5) is 25.1. The van der Waals surface area contributed by atoms with E-state index in [1.54, 1.807) is 6.20 Å². The van der Waals surface area contributed by atoms with Crippen LogP contribution in [0.5, 0.6) is 0 Å². The van der Waals surface area contributed by atoms with Gasteiger partial charge in [-0.15, -0.1) is 0 Å². The maximum atomic E-state index is 12.7. The number of carbonyl (C=O) groups is 1. The molecule has 2 heterocycles. The van der Waals surface area contributed by atoms with Gasteiger partial charge in [-0.25, -0.2) is 0 Å². The molecule has 2 aromatic rings. The predicted octanol–water partition coefficient (Wildman–Crippen LogP) is 2.66. The summed E-state index contributed by atoms with van der Waals surface area (Å²) in [5.41, 5.74) is 2.18. The first-order valence-electron chi connectivity index (χ1n) is 8.55. The van der Waals surface area contributed by atoms with Gasteiger partial charge < -0.3 is 14.6 Å². The number of nitrogens with zero attached hydrogens (tertiary/aromatic N) is 1. The molecule has 1 aromatic carbocycles. The smallest absolute Gasteiger partial charge is 0.256 e. The van der Waals surface area contributed by atoms with Crippen molar-refractivity contribution in [1.82, 2.24) is 9.88 Å². The molecule has 0 saturated heterocycles. The molecule has 1 amide bonds. The Kier molecular flexibility index (Phi) is 4.71. The molecule has 0 fully saturated rings. The topological polar surface area (TPSA) is 60.3 Å². The minimum absolute atomic E-state index is 0.186. The Balaban J connectivity index is 1.80. The zero-order chi connectivity index (χ0) is 17.3. The van der Waals surface area contributed by atoms with Gasteiger partial charge in [-0.1, -0.05) is 12.1 Å². The molecule has 1 aliphatic rings. The number of hydrogen-bond donors (Lipinski definition) is 1. The second-order valence-corrected chi connectivity index (χ2v) is 6.67. The van der Waals surface area contributed by atoms with E-state index in [1.165, 1.54) is 5.56 Å². The summed E-state index contributed by atoms with van der Waals surface area (Å²) in [6, 6.07) is 6.02. The molecular formula is C19H24N2O3. The number of nitrogens with one attached hydrogen (secondary N) is 1. The van der Waals surface area contributed by atoms with E-state index in [4.69, 9.17) is 4.74 Å². The van der Waals surface area contributed by atoms with Crippen LogP contribution in [0.3, 0.4) is 0 Å². The highest BCUT2D eigenvalue weighted by Crippen LogP contribution is 2.30. The van der Waals surface area contributed by atoms with Crippen LogP contribution in [0.4, 0.5) is 0 Å². The van der Waals surface area contributed by atoms with E-state index in [1.807, 2.05) is 26.0 Å². The molecule has 0 spiro atoms. The lowest BCUT2D eigenvalue weighted by Crippen LogP contribution is -2.31. The Hall–Kier alpha value is -2.14. The van der Waals surface area contributed by atoms with Crippen LogP contribution in [0.2, 0.25) is 0 Å². The zero-order valence-electron chi connectivity index (χ0n) is 14.5. The summed E-state index contributed by atoms with van der Waals surface area (Å²) in [7, 11) is 0. The highest BCUT2D eigenvalue weighted by atomic mass is 16.5. The fraction of sp³-hybridized carbons (Fsp3) is 0.474. The average molecular weight is 328 g/mol. The third-order valence-corrected chi connectivity index (χ3v) is 4.43. The van der Waals surface area contributed by atoms with Crippen LogP contribution in [0.15, 0.2) is 29.2 Å². The summed E-state index contributed by atoms with van der Waals surface area (Å²) in [6.45, 7) is 7.16. The van der Waals surface area contributed by atoms with Gasteiger partial charge in [0.15, 0.2) is 0 Å². The van der Waals surface area contributed by atoms with Gasteiger partial charge in [0.05, 0.1) is 11.6 Å². The van der Waals surface area contributed by atoms with E-state index in [-0.39, 0.29) is 29.0 Å². The number of rotatable bonds is 6. The highest BCUT2D eigenvalue weighted by Gasteiger charge is 2.24. The van der Waals surface area contributed by atoms with Crippen molar-refractivity contribution in [2.75, 3.05) is 13.2 Å². The number of aromatic nitrogens is 1. The Morgan fingerprint density at radius 3 is 2.96 bits per heavy atom. The number of hydrogen-bond acceptors (Lipinski definition) is 3. The fourth-order valence-corrected chi connectivity index (χ4v) is 3.27. The lowest BCUT2D eigenvalue weighted by Gasteiger charge is -2.13. The molecule has 128 valence electrons. The largest absolute Gasteiger partial charge is 0.379 e. The normalized spacial score (nSPS) is 16.1. The minimum atomic E-state index is -0.306. The molecular weight excluding hydrogens is 304 g/mol. The zero-order valence-corrected chi connectivity index (χ0v) is 14.5. The van der Waals surface area contributed by atoms with Crippen LogP contribution < -0.4 is 10.7 Å². The van der Waals surface area contributed by atoms with E-state index in [0.29, 0.717) is 18.5 Å². The van der Waals surface area contributed by atoms with Gasteiger partial charge in [-0.05, 0) is 45.2 Å². The Labute approximate surface area is 141 Å². The fourth-order valence-electron chi connectivity index (χ4n) is 3.27. The first-order chi connectivity index (χ1) is 11.5. The molecule has 0 bridgehead atoms. The van der Waals surface area contributed by atoms with E-state index < -0.39 is 0 Å². The number of amides is 1. The molecule has 5 heteroatoms. The lowest BCUT2D eigenvalue weighted by molar-refractivity contribution is 0.0757. The van der Waals surface area contributed by atoms with E-state index >= 15 is 0 Å². The first kappa shape index (κ1) is 16.7. The standard InChI is InChI=1S/C19H24N2O3/c1-12(2)24-9-5-8-20-19(23)16-11-21-13(3)10-14-6-4-7-15(17(14)21)18(16)22/h4,6-7,11-13H,5,8-10H2,1-3H3,(H,20,23). The average Bonchev–Trinajstić information content (AvgIpc) is 2.86. The maximum Gasteiger partial charge on any atom is 0.256 e. The van der Waals surface area contributed by atoms with Crippen LogP contribution in [-0.4, -0.2) is 29.7 Å². The quantitative estimate of drug-likeness (QED) is 0.829. The number of benzene rings is 1. The van der Waals surface area contributed by atoms with Crippen molar-refractivity contribution < 1.29 is 9.53 Å². The summed E-state index contributed by atoms with van der Waals surface area (Å²) in [6.07, 6.45) is 3.53. The van der Waals surface area contributed by atoms with E-state index in [2.05, 4.69) is 22.9 Å². The highest BCUT2D eigenvalue weighted by molar-refractivity contribution is 5.98. The summed E-state index contributed by atoms with van der Waals surface area (Å²) in [5, 5.41) is 3.46. The summed E-state index contributed by atoms with van der Waals surface area (Å²) in [5.74, 6) is -0.306. The molecule has 0 saturated carbocycles. The van der Waals surface area contributed by atoms with Gasteiger partial charge >= 0.3 is 0 Å². The SMILES string of the molecule is CC(C)OCCCNC(=O)c1cn2c3c(cccc3c1=O)CC2C. The van der Waals surface area contributed by atoms with Crippen molar-refractivity contribution in [3.63, 3.8) is 0 Å². The van der Waals surface area contributed by atoms with Crippen LogP contribution in [-0.2, 0) is 11.2 Å². The summed E-state index contributed by atoms with van der Waals surface area (Å²) < 4.78 is 7.51. The molecule has 0 aliphatic carbocycles. The van der Waals surface area contributed by atoms with Gasteiger partial charge in [-0.2, -0.15) is 0 Å². The monoisotopic (exact) mass is 328 g/mol. The molecule has 1 aliphatic heterocycles. The molecule has 1 aromatic heterocycles. The van der Waals surface area contributed by atoms with E-state index in [9.17, 15) is 9.59 Å². The molecule has 1 unspecified atom stereocenters. The Morgan fingerprint density at radius 2 is 2.21 bits per heavy atom. The van der Waals surface area contributed by atoms with Gasteiger partial charge in [0, 0.05) is 30.8 Å². The van der Waals surface area contributed by atoms with E-state index in [0.717, 1.165) is 18.4 Å². The van der Waals surface area contributed by atoms with Crippen LogP contribution in [0.1, 0.15) is 49.2 Å². The first-order valence-corrected chi connectivity index (χ1v) is 8.55. The Morgan fingerprint density at radius 1 is 1.42 bits per heavy atom. The number of para-hydroxylation sites is 1. The van der Waals surface area contributed by atoms with Crippen LogP contribution in [0, 0.1) is 0 Å². The number of carbonyl (C=O) groups excluding carboxylic acids is 1. The molecule has 3 rings (SSSR count). The molecule has 0 radical (unpaired) electrons. The van der Waals surface area contributed by atoms with Crippen molar-refractivity contribution >= 4 is 16.8 Å². The van der Waals surface area contributed by atoms with Crippen molar-refractivity contribution in [3.8, 4) is 0 Å². The van der Waals surface area contributed by atoms with Gasteiger partial charge in [0.1, 0.15) is 5.56 Å². The Bertz CT molecular complexity index is 823. The molecule has 24 heavy (non-hydrogen) atoms. The molecule has 1 atom stereocenters. The second kappa shape index (κ2) is 6.77. The number of ether oxygens (including phenoxy) is 1. The van der Waals surface area contributed by atoms with Crippen molar-refractivity contribution in [3.05, 3.63) is 45.7 Å². The maximum absolute atomic E-state index is 12.7. The number of pyridine rings is 1. The van der Waals surface area contributed by atoms with Gasteiger partial charge in [0.25, 0.3) is 5.91 Å². The van der Waals surface area contributed by atoms with Crippen molar-refractivity contribution in [2.24, 2.45) is 0 Å². The second-order valence-electron chi connectivity index (χ2n) is 6.67.